The van der Waals surface area contributed by atoms with Crippen molar-refractivity contribution in [3.63, 3.8) is 0 Å². The minimum absolute atomic E-state index is 0.278. The van der Waals surface area contributed by atoms with Crippen LogP contribution in [-0.2, 0) is 23.2 Å². The van der Waals surface area contributed by atoms with Crippen molar-refractivity contribution in [2.75, 3.05) is 11.4 Å². The van der Waals surface area contributed by atoms with Crippen molar-refractivity contribution in [2.45, 2.75) is 38.2 Å². The van der Waals surface area contributed by atoms with Gasteiger partial charge in [-0.1, -0.05) is 79.5 Å². The first kappa shape index (κ1) is 22.3. The second-order valence-electron chi connectivity index (χ2n) is 8.26. The topological polar surface area (TPSA) is 57.6 Å². The number of hydrogen-bond acceptors (Lipinski definition) is 3. The van der Waals surface area contributed by atoms with Gasteiger partial charge in [-0.3, -0.25) is 9.59 Å². The number of halogens is 1. The molecule has 1 N–H and O–H groups in total. The largest absolute Gasteiger partial charge is 0.375 e. The maximum absolute atomic E-state index is 13.4. The zero-order valence-corrected chi connectivity index (χ0v) is 18.8. The van der Waals surface area contributed by atoms with Gasteiger partial charge in [-0.05, 0) is 42.2 Å². The van der Waals surface area contributed by atoms with Crippen LogP contribution in [-0.4, -0.2) is 23.3 Å². The van der Waals surface area contributed by atoms with Crippen molar-refractivity contribution in [1.29, 1.82) is 0 Å². The van der Waals surface area contributed by atoms with E-state index in [1.54, 1.807) is 35.2 Å². The maximum atomic E-state index is 13.4. The van der Waals surface area contributed by atoms with Crippen LogP contribution in [0, 0.1) is 0 Å². The van der Waals surface area contributed by atoms with E-state index in [1.807, 2.05) is 42.5 Å². The number of Topliss-reactive ketones (excluding diaryl/α,β-unsaturated/α-hetero) is 1. The van der Waals surface area contributed by atoms with Crippen LogP contribution < -0.4 is 4.90 Å². The van der Waals surface area contributed by atoms with Crippen molar-refractivity contribution in [1.82, 2.24) is 0 Å². The van der Waals surface area contributed by atoms with Crippen LogP contribution in [0.3, 0.4) is 0 Å². The molecule has 32 heavy (non-hydrogen) atoms. The number of fused-ring (bicyclic) bond motifs is 1. The monoisotopic (exact) mass is 447 g/mol. The normalized spacial score (nSPS) is 17.5. The molecule has 3 aromatic rings. The molecule has 4 nitrogen and oxygen atoms in total. The average molecular weight is 448 g/mol. The molecule has 1 aliphatic rings. The number of aryl methyl sites for hydroxylation is 1. The fourth-order valence-corrected chi connectivity index (χ4v) is 4.45. The first-order valence-corrected chi connectivity index (χ1v) is 11.3. The number of anilines is 1. The van der Waals surface area contributed by atoms with Crippen LogP contribution in [0.4, 0.5) is 5.69 Å². The van der Waals surface area contributed by atoms with E-state index >= 15 is 0 Å². The Bertz CT molecular complexity index is 1130. The van der Waals surface area contributed by atoms with Crippen LogP contribution in [0.15, 0.2) is 72.8 Å². The van der Waals surface area contributed by atoms with E-state index in [9.17, 15) is 14.7 Å². The number of hydrogen-bond donors (Lipinski definition) is 1. The number of aliphatic hydroxyl groups is 1. The molecule has 0 spiro atoms. The predicted octanol–water partition coefficient (Wildman–Crippen LogP) is 5.34. The minimum atomic E-state index is -1.93. The number of ketones is 1. The second kappa shape index (κ2) is 9.27. The molecule has 0 aromatic heterocycles. The average Bonchev–Trinajstić information content (AvgIpc) is 3.00. The summed E-state index contributed by atoms with van der Waals surface area (Å²) in [6.07, 6.45) is 2.28. The minimum Gasteiger partial charge on any atom is -0.375 e. The molecule has 1 aliphatic heterocycles. The summed E-state index contributed by atoms with van der Waals surface area (Å²) in [5, 5.41) is 11.9. The standard InChI is InChI=1S/C27H26ClNO3/c1-2-6-19-9-11-21(12-10-19)25(30)18-27(32)23-17-22(28)13-14-24(23)29(26(27)31)16-15-20-7-4-3-5-8-20/h3-5,7-14,17,32H,2,6,15-16,18H2,1H3/t27-/m0/s1. The summed E-state index contributed by atoms with van der Waals surface area (Å²) in [5.74, 6) is -0.763. The number of nitrogens with zero attached hydrogens (tertiary/aromatic N) is 1. The molecule has 4 rings (SSSR count). The quantitative estimate of drug-likeness (QED) is 0.474. The number of rotatable bonds is 8. The number of amides is 1. The van der Waals surface area contributed by atoms with Gasteiger partial charge in [0, 0.05) is 22.7 Å². The van der Waals surface area contributed by atoms with Gasteiger partial charge in [0.15, 0.2) is 11.4 Å². The Morgan fingerprint density at radius 1 is 0.969 bits per heavy atom. The van der Waals surface area contributed by atoms with E-state index < -0.39 is 11.5 Å². The highest BCUT2D eigenvalue weighted by molar-refractivity contribution is 6.31. The van der Waals surface area contributed by atoms with Crippen LogP contribution in [0.25, 0.3) is 0 Å². The molecule has 0 saturated carbocycles. The smallest absolute Gasteiger partial charge is 0.264 e. The third kappa shape index (κ3) is 4.34. The van der Waals surface area contributed by atoms with Crippen LogP contribution in [0.1, 0.15) is 46.8 Å². The lowest BCUT2D eigenvalue weighted by Gasteiger charge is -2.23. The molecule has 0 fully saturated rings. The number of carbonyl (C=O) groups excluding carboxylic acids is 2. The molecule has 164 valence electrons. The summed E-state index contributed by atoms with van der Waals surface area (Å²) >= 11 is 6.19. The number of benzene rings is 3. The molecule has 0 saturated heterocycles. The fraction of sp³-hybridized carbons (Fsp3) is 0.259. The lowest BCUT2D eigenvalue weighted by Crippen LogP contribution is -2.42. The van der Waals surface area contributed by atoms with Crippen molar-refractivity contribution < 1.29 is 14.7 Å². The maximum Gasteiger partial charge on any atom is 0.264 e. The molecular weight excluding hydrogens is 422 g/mol. The van der Waals surface area contributed by atoms with Gasteiger partial charge in [0.25, 0.3) is 5.91 Å². The Balaban J connectivity index is 1.60. The predicted molar refractivity (Wildman–Crippen MR) is 127 cm³/mol. The van der Waals surface area contributed by atoms with Gasteiger partial charge in [0.05, 0.1) is 12.1 Å². The summed E-state index contributed by atoms with van der Waals surface area (Å²) in [7, 11) is 0. The zero-order chi connectivity index (χ0) is 22.7. The fourth-order valence-electron chi connectivity index (χ4n) is 4.28. The lowest BCUT2D eigenvalue weighted by molar-refractivity contribution is -0.135. The van der Waals surface area contributed by atoms with Gasteiger partial charge in [0.2, 0.25) is 0 Å². The molecule has 1 amide bonds. The van der Waals surface area contributed by atoms with Gasteiger partial charge < -0.3 is 10.0 Å². The second-order valence-corrected chi connectivity index (χ2v) is 8.70. The molecule has 5 heteroatoms. The summed E-state index contributed by atoms with van der Waals surface area (Å²) in [4.78, 5) is 28.0. The molecule has 1 heterocycles. The summed E-state index contributed by atoms with van der Waals surface area (Å²) in [5.41, 5.74) is 1.79. The highest BCUT2D eigenvalue weighted by Gasteiger charge is 2.50. The van der Waals surface area contributed by atoms with Crippen LogP contribution >= 0.6 is 11.6 Å². The number of carbonyl (C=O) groups is 2. The molecule has 0 unspecified atom stereocenters. The Morgan fingerprint density at radius 2 is 1.66 bits per heavy atom. The third-order valence-corrected chi connectivity index (χ3v) is 6.23. The molecule has 3 aromatic carbocycles. The first-order chi connectivity index (χ1) is 15.4. The Hall–Kier alpha value is -2.95. The van der Waals surface area contributed by atoms with Crippen molar-refractivity contribution in [2.24, 2.45) is 0 Å². The van der Waals surface area contributed by atoms with Gasteiger partial charge >= 0.3 is 0 Å². The SMILES string of the molecule is CCCc1ccc(C(=O)C[C@@]2(O)C(=O)N(CCc3ccccc3)c3ccc(Cl)cc32)cc1. The van der Waals surface area contributed by atoms with Crippen molar-refractivity contribution >= 4 is 29.0 Å². The highest BCUT2D eigenvalue weighted by atomic mass is 35.5. The highest BCUT2D eigenvalue weighted by Crippen LogP contribution is 2.44. The van der Waals surface area contributed by atoms with Gasteiger partial charge in [-0.25, -0.2) is 0 Å². The Morgan fingerprint density at radius 3 is 2.34 bits per heavy atom. The third-order valence-electron chi connectivity index (χ3n) is 5.99. The van der Waals surface area contributed by atoms with Gasteiger partial charge in [-0.2, -0.15) is 0 Å². The van der Waals surface area contributed by atoms with Gasteiger partial charge in [-0.15, -0.1) is 0 Å². The Kier molecular flexibility index (Phi) is 6.45. The first-order valence-electron chi connectivity index (χ1n) is 10.9. The lowest BCUT2D eigenvalue weighted by atomic mass is 9.88. The van der Waals surface area contributed by atoms with Crippen molar-refractivity contribution in [3.05, 3.63) is 100 Å². The van der Waals surface area contributed by atoms with E-state index in [0.29, 0.717) is 34.8 Å². The van der Waals surface area contributed by atoms with Crippen LogP contribution in [0.2, 0.25) is 5.02 Å². The summed E-state index contributed by atoms with van der Waals surface area (Å²) in [6.45, 7) is 2.51. The van der Waals surface area contributed by atoms with E-state index in [4.69, 9.17) is 11.6 Å². The molecule has 0 bridgehead atoms. The van der Waals surface area contributed by atoms with Crippen molar-refractivity contribution in [3.8, 4) is 0 Å². The molecular formula is C27H26ClNO3. The van der Waals surface area contributed by atoms with E-state index in [0.717, 1.165) is 24.0 Å². The van der Waals surface area contributed by atoms with Crippen LogP contribution in [0.5, 0.6) is 0 Å². The van der Waals surface area contributed by atoms with E-state index in [2.05, 4.69) is 6.92 Å². The summed E-state index contributed by atoms with van der Waals surface area (Å²) < 4.78 is 0. The van der Waals surface area contributed by atoms with Gasteiger partial charge in [0.1, 0.15) is 0 Å². The molecule has 0 radical (unpaired) electrons. The molecule has 0 aliphatic carbocycles. The summed E-state index contributed by atoms with van der Waals surface area (Å²) in [6, 6.07) is 22.3. The molecule has 1 atom stereocenters. The zero-order valence-electron chi connectivity index (χ0n) is 18.1. The van der Waals surface area contributed by atoms with E-state index in [-0.39, 0.29) is 12.2 Å². The Labute approximate surface area is 193 Å². The van der Waals surface area contributed by atoms with E-state index in [1.165, 1.54) is 0 Å².